The predicted molar refractivity (Wildman–Crippen MR) is 131 cm³/mol. The second kappa shape index (κ2) is 9.09. The quantitative estimate of drug-likeness (QED) is 0.444. The molecule has 196 valence electrons. The first-order valence-corrected chi connectivity index (χ1v) is 12.5. The summed E-state index contributed by atoms with van der Waals surface area (Å²) in [7, 11) is 0. The number of aromatic carboxylic acids is 1. The van der Waals surface area contributed by atoms with Gasteiger partial charge in [-0.3, -0.25) is 4.79 Å². The van der Waals surface area contributed by atoms with E-state index in [4.69, 9.17) is 4.74 Å². The zero-order valence-electron chi connectivity index (χ0n) is 20.2. The van der Waals surface area contributed by atoms with Crippen LogP contribution >= 0.6 is 0 Å². The fraction of sp³-hybridized carbons (Fsp3) is 0.310. The van der Waals surface area contributed by atoms with Gasteiger partial charge in [-0.2, -0.15) is 0 Å². The van der Waals surface area contributed by atoms with Gasteiger partial charge >= 0.3 is 12.3 Å². The molecule has 38 heavy (non-hydrogen) atoms. The fourth-order valence-corrected chi connectivity index (χ4v) is 5.35. The van der Waals surface area contributed by atoms with Crippen LogP contribution in [-0.2, 0) is 14.9 Å². The van der Waals surface area contributed by atoms with E-state index in [2.05, 4.69) is 14.8 Å². The molecule has 2 unspecified atom stereocenters. The molecular weight excluding hydrogens is 496 g/mol. The van der Waals surface area contributed by atoms with Gasteiger partial charge in [0.25, 0.3) is 0 Å². The van der Waals surface area contributed by atoms with Gasteiger partial charge in [-0.25, -0.2) is 4.79 Å². The Bertz CT molecular complexity index is 1390. The first-order valence-electron chi connectivity index (χ1n) is 12.5. The Morgan fingerprint density at radius 2 is 1.53 bits per heavy atom. The van der Waals surface area contributed by atoms with Crippen LogP contribution in [-0.4, -0.2) is 29.3 Å². The molecule has 2 aliphatic heterocycles. The lowest BCUT2D eigenvalue weighted by Crippen LogP contribution is -2.45. The van der Waals surface area contributed by atoms with Crippen LogP contribution in [0.1, 0.15) is 64.9 Å². The van der Waals surface area contributed by atoms with E-state index in [1.54, 1.807) is 18.2 Å². The average Bonchev–Trinajstić information content (AvgIpc) is 3.66. The number of carboxylic acid groups (broad SMARTS) is 1. The molecule has 3 aliphatic rings. The number of nitrogens with one attached hydrogen (secondary N) is 1. The molecule has 2 N–H and O–H groups in total. The number of carboxylic acids is 1. The van der Waals surface area contributed by atoms with Gasteiger partial charge in [0.15, 0.2) is 11.5 Å². The van der Waals surface area contributed by atoms with Crippen molar-refractivity contribution in [3.63, 3.8) is 0 Å². The molecular formula is C29H25F2NO6. The lowest BCUT2D eigenvalue weighted by Gasteiger charge is -2.37. The Balaban J connectivity index is 1.24. The van der Waals surface area contributed by atoms with E-state index in [1.165, 1.54) is 18.2 Å². The standard InChI is InChI=1S/C29H25F2NO6/c30-29(31)37-22-10-9-20(14-25(22)38-29)28(11-12-28)27(35)32-21-15-23(17-5-2-1-3-6-17)36-24(16-21)18-7-4-8-19(13-18)26(33)34/h1-10,13-14,21,23-24H,11-12,15-16H2,(H,32,35)(H,33,34)/t21?,23?,24-/m1/s1. The maximum Gasteiger partial charge on any atom is 0.586 e. The topological polar surface area (TPSA) is 94.1 Å². The highest BCUT2D eigenvalue weighted by Gasteiger charge is 2.53. The summed E-state index contributed by atoms with van der Waals surface area (Å²) < 4.78 is 42.5. The Kier molecular flexibility index (Phi) is 5.83. The van der Waals surface area contributed by atoms with E-state index in [-0.39, 0.29) is 35.1 Å². The Hall–Kier alpha value is -3.98. The SMILES string of the molecule is O=C(O)c1cccc([C@H]2CC(NC(=O)C3(c4ccc5c(c4)OC(F)(F)O5)CC3)CC(c3ccccc3)O2)c1. The second-order valence-corrected chi connectivity index (χ2v) is 10.0. The van der Waals surface area contributed by atoms with Crippen molar-refractivity contribution in [1.29, 1.82) is 0 Å². The van der Waals surface area contributed by atoms with Crippen LogP contribution in [0, 0.1) is 0 Å². The lowest BCUT2D eigenvalue weighted by atomic mass is 9.89. The molecule has 2 fully saturated rings. The maximum absolute atomic E-state index is 13.6. The molecule has 1 aliphatic carbocycles. The first-order chi connectivity index (χ1) is 18.2. The number of amides is 1. The molecule has 0 bridgehead atoms. The Labute approximate surface area is 217 Å². The van der Waals surface area contributed by atoms with Gasteiger partial charge < -0.3 is 24.6 Å². The third-order valence-electron chi connectivity index (χ3n) is 7.48. The summed E-state index contributed by atoms with van der Waals surface area (Å²) in [4.78, 5) is 25.1. The lowest BCUT2D eigenvalue weighted by molar-refractivity contribution is -0.286. The van der Waals surface area contributed by atoms with Crippen LogP contribution < -0.4 is 14.8 Å². The highest BCUT2D eigenvalue weighted by molar-refractivity contribution is 5.91. The third-order valence-corrected chi connectivity index (χ3v) is 7.48. The van der Waals surface area contributed by atoms with Crippen molar-refractivity contribution in [3.8, 4) is 11.5 Å². The second-order valence-electron chi connectivity index (χ2n) is 10.0. The summed E-state index contributed by atoms with van der Waals surface area (Å²) in [6, 6.07) is 20.6. The maximum atomic E-state index is 13.6. The molecule has 3 aromatic rings. The number of fused-ring (bicyclic) bond motifs is 1. The minimum absolute atomic E-state index is 0.0588. The van der Waals surface area contributed by atoms with E-state index in [0.29, 0.717) is 31.2 Å². The van der Waals surface area contributed by atoms with Crippen molar-refractivity contribution in [3.05, 3.63) is 95.1 Å². The first kappa shape index (κ1) is 24.4. The number of alkyl halides is 2. The molecule has 9 heteroatoms. The van der Waals surface area contributed by atoms with Crippen LogP contribution in [0.3, 0.4) is 0 Å². The van der Waals surface area contributed by atoms with E-state index in [1.807, 2.05) is 36.4 Å². The average molecular weight is 522 g/mol. The molecule has 0 spiro atoms. The molecule has 0 radical (unpaired) electrons. The number of rotatable bonds is 6. The summed E-state index contributed by atoms with van der Waals surface area (Å²) in [5, 5.41) is 12.6. The highest BCUT2D eigenvalue weighted by Crippen LogP contribution is 2.52. The van der Waals surface area contributed by atoms with E-state index >= 15 is 0 Å². The molecule has 7 nitrogen and oxygen atoms in total. The molecule has 1 saturated heterocycles. The molecule has 1 amide bonds. The number of carbonyl (C=O) groups is 2. The molecule has 3 aromatic carbocycles. The number of hydrogen-bond acceptors (Lipinski definition) is 5. The van der Waals surface area contributed by atoms with Crippen LogP contribution in [0.4, 0.5) is 8.78 Å². The summed E-state index contributed by atoms with van der Waals surface area (Å²) in [6.07, 6.45) is -2.29. The number of halogens is 2. The predicted octanol–water partition coefficient (Wildman–Crippen LogP) is 5.52. The van der Waals surface area contributed by atoms with Crippen molar-refractivity contribution in [1.82, 2.24) is 5.32 Å². The van der Waals surface area contributed by atoms with Crippen LogP contribution in [0.15, 0.2) is 72.8 Å². The number of benzene rings is 3. The molecule has 1 saturated carbocycles. The van der Waals surface area contributed by atoms with Crippen LogP contribution in [0.5, 0.6) is 11.5 Å². The van der Waals surface area contributed by atoms with Gasteiger partial charge in [0.2, 0.25) is 5.91 Å². The summed E-state index contributed by atoms with van der Waals surface area (Å²) in [6.45, 7) is 0. The largest absolute Gasteiger partial charge is 0.586 e. The van der Waals surface area contributed by atoms with Gasteiger partial charge in [0.1, 0.15) is 0 Å². The number of hydrogen-bond donors (Lipinski definition) is 2. The van der Waals surface area contributed by atoms with Crippen molar-refractivity contribution in [2.75, 3.05) is 0 Å². The zero-order valence-corrected chi connectivity index (χ0v) is 20.2. The number of carbonyl (C=O) groups excluding carboxylic acids is 1. The van der Waals surface area contributed by atoms with E-state index in [9.17, 15) is 23.5 Å². The van der Waals surface area contributed by atoms with Gasteiger partial charge in [0.05, 0.1) is 23.2 Å². The third kappa shape index (κ3) is 4.58. The fourth-order valence-electron chi connectivity index (χ4n) is 5.35. The van der Waals surface area contributed by atoms with Crippen molar-refractivity contribution in [2.24, 2.45) is 0 Å². The van der Waals surface area contributed by atoms with E-state index < -0.39 is 23.8 Å². The van der Waals surface area contributed by atoms with Crippen molar-refractivity contribution in [2.45, 2.75) is 55.6 Å². The van der Waals surface area contributed by atoms with Crippen molar-refractivity contribution < 1.29 is 37.7 Å². The van der Waals surface area contributed by atoms with Crippen molar-refractivity contribution >= 4 is 11.9 Å². The minimum atomic E-state index is -3.72. The smallest absolute Gasteiger partial charge is 0.478 e. The van der Waals surface area contributed by atoms with Gasteiger partial charge in [-0.05, 0) is 66.6 Å². The molecule has 0 aromatic heterocycles. The van der Waals surface area contributed by atoms with Gasteiger partial charge in [0, 0.05) is 6.04 Å². The summed E-state index contributed by atoms with van der Waals surface area (Å²) >= 11 is 0. The zero-order chi connectivity index (χ0) is 26.5. The monoisotopic (exact) mass is 521 g/mol. The molecule has 3 atom stereocenters. The van der Waals surface area contributed by atoms with Gasteiger partial charge in [-0.15, -0.1) is 8.78 Å². The molecule has 2 heterocycles. The Morgan fingerprint density at radius 1 is 0.842 bits per heavy atom. The molecule has 6 rings (SSSR count). The minimum Gasteiger partial charge on any atom is -0.478 e. The van der Waals surface area contributed by atoms with Crippen LogP contribution in [0.2, 0.25) is 0 Å². The summed E-state index contributed by atoms with van der Waals surface area (Å²) in [5.74, 6) is -1.35. The number of ether oxygens (including phenoxy) is 3. The Morgan fingerprint density at radius 3 is 2.24 bits per heavy atom. The van der Waals surface area contributed by atoms with E-state index in [0.717, 1.165) is 11.1 Å². The normalized spacial score (nSPS) is 24.4. The van der Waals surface area contributed by atoms with Gasteiger partial charge in [-0.1, -0.05) is 48.5 Å². The highest BCUT2D eigenvalue weighted by atomic mass is 19.3. The van der Waals surface area contributed by atoms with Crippen LogP contribution in [0.25, 0.3) is 0 Å². The summed E-state index contributed by atoms with van der Waals surface area (Å²) in [5.41, 5.74) is 1.63.